The number of likely N-dealkylation sites (N-methyl/N-ethyl adjacent to an activating group) is 2. The SMILES string of the molecule is COc1ccc(C2c3c(cc(C)c(C)c3OC)CC[N+]2(C)CCCOC(=O)/C=C\C(=O)OCCC[N+]2(C)CCc3cc(OC)c(OC)c(OC)c3C2Cc2cc(C)c(OC)c(OC)c2)cc1C. The predicted octanol–water partition coefficient (Wildman–Crippen LogP) is 8.48. The molecule has 2 aliphatic heterocycles. The number of ether oxygens (including phenoxy) is 9. The lowest BCUT2D eigenvalue weighted by molar-refractivity contribution is -0.941. The Kier molecular flexibility index (Phi) is 16.4. The van der Waals surface area contributed by atoms with Crippen LogP contribution in [0.15, 0.2) is 54.6 Å². The van der Waals surface area contributed by atoms with E-state index in [1.165, 1.54) is 22.3 Å². The van der Waals surface area contributed by atoms with Gasteiger partial charge in [0, 0.05) is 49.8 Å². The van der Waals surface area contributed by atoms with E-state index in [0.29, 0.717) is 59.0 Å². The van der Waals surface area contributed by atoms with Crippen LogP contribution in [0, 0.1) is 27.7 Å². The summed E-state index contributed by atoms with van der Waals surface area (Å²) < 4.78 is 53.4. The number of quaternary nitrogens is 2. The Morgan fingerprint density at radius 1 is 0.567 bits per heavy atom. The fourth-order valence-electron chi connectivity index (χ4n) is 10.6. The Bertz CT molecular complexity index is 2460. The van der Waals surface area contributed by atoms with Gasteiger partial charge in [-0.2, -0.15) is 0 Å². The molecule has 4 unspecified atom stereocenters. The van der Waals surface area contributed by atoms with Crippen molar-refractivity contribution in [2.75, 3.05) is 103 Å². The molecule has 0 saturated carbocycles. The maximum atomic E-state index is 12.9. The number of carbonyl (C=O) groups is 2. The molecule has 13 nitrogen and oxygen atoms in total. The maximum Gasteiger partial charge on any atom is 0.331 e. The normalized spacial score (nSPS) is 19.8. The standard InChI is InChI=1S/C54H72N2O11/c1-34-29-39-21-25-56(6,50(49(39)52(63-11)37(34)4)41-16-17-43(59-7)35(2)30-41)23-15-27-67-47(58)19-18-46(57)66-26-14-22-55(5)24-20-40-33-45(61-9)53(64-12)54(65-13)48(40)42(55)31-38-28-36(3)51(62-10)44(32-38)60-8/h16-19,28-30,32-33,42,50H,14-15,20-27,31H2,1-13H3/q+2/b19-18-. The highest BCUT2D eigenvalue weighted by Gasteiger charge is 2.44. The van der Waals surface area contributed by atoms with Gasteiger partial charge in [-0.25, -0.2) is 9.59 Å². The van der Waals surface area contributed by atoms with E-state index in [1.54, 1.807) is 49.8 Å². The molecule has 0 aliphatic carbocycles. The predicted molar refractivity (Wildman–Crippen MR) is 258 cm³/mol. The van der Waals surface area contributed by atoms with Gasteiger partial charge in [0.05, 0.1) is 114 Å². The third kappa shape index (κ3) is 10.6. The summed E-state index contributed by atoms with van der Waals surface area (Å²) in [7, 11) is 16.2. The third-order valence-electron chi connectivity index (χ3n) is 14.2. The molecule has 0 radical (unpaired) electrons. The molecule has 0 N–H and O–H groups in total. The van der Waals surface area contributed by atoms with E-state index in [-0.39, 0.29) is 25.3 Å². The molecule has 0 amide bonds. The number of rotatable bonds is 20. The zero-order chi connectivity index (χ0) is 48.6. The smallest absolute Gasteiger partial charge is 0.331 e. The Morgan fingerprint density at radius 2 is 1.12 bits per heavy atom. The number of esters is 2. The van der Waals surface area contributed by atoms with Crippen LogP contribution in [0.2, 0.25) is 0 Å². The molecule has 0 spiro atoms. The van der Waals surface area contributed by atoms with Gasteiger partial charge in [0.15, 0.2) is 23.0 Å². The van der Waals surface area contributed by atoms with E-state index in [4.69, 9.17) is 42.6 Å². The molecular formula is C54H72N2O11+2. The summed E-state index contributed by atoms with van der Waals surface area (Å²) in [4.78, 5) is 25.8. The van der Waals surface area contributed by atoms with Gasteiger partial charge in [-0.15, -0.1) is 0 Å². The quantitative estimate of drug-likeness (QED) is 0.0368. The number of fused-ring (bicyclic) bond motifs is 2. The summed E-state index contributed by atoms with van der Waals surface area (Å²) in [5.41, 5.74) is 11.4. The number of benzene rings is 4. The van der Waals surface area contributed by atoms with Gasteiger partial charge >= 0.3 is 11.9 Å². The highest BCUT2D eigenvalue weighted by molar-refractivity contribution is 5.91. The summed E-state index contributed by atoms with van der Waals surface area (Å²) in [6, 6.07) is 14.9. The molecule has 4 atom stereocenters. The third-order valence-corrected chi connectivity index (χ3v) is 14.2. The van der Waals surface area contributed by atoms with E-state index in [9.17, 15) is 9.59 Å². The van der Waals surface area contributed by atoms with Gasteiger partial charge in [-0.3, -0.25) is 0 Å². The highest BCUT2D eigenvalue weighted by Crippen LogP contribution is 2.51. The summed E-state index contributed by atoms with van der Waals surface area (Å²) in [5.74, 6) is 3.80. The molecule has 0 aromatic heterocycles. The average Bonchev–Trinajstić information content (AvgIpc) is 3.31. The number of carbonyl (C=O) groups excluding carboxylic acids is 2. The van der Waals surface area contributed by atoms with Gasteiger partial charge < -0.3 is 51.6 Å². The van der Waals surface area contributed by atoms with Gasteiger partial charge in [0.1, 0.15) is 23.6 Å². The molecule has 0 fully saturated rings. The first kappa shape index (κ1) is 50.5. The van der Waals surface area contributed by atoms with Crippen LogP contribution in [-0.2, 0) is 38.3 Å². The fourth-order valence-corrected chi connectivity index (χ4v) is 10.6. The molecule has 0 bridgehead atoms. The molecule has 2 heterocycles. The average molecular weight is 925 g/mol. The van der Waals surface area contributed by atoms with Crippen molar-refractivity contribution in [1.82, 2.24) is 0 Å². The van der Waals surface area contributed by atoms with Gasteiger partial charge in [0.25, 0.3) is 0 Å². The lowest BCUT2D eigenvalue weighted by Crippen LogP contribution is -2.52. The van der Waals surface area contributed by atoms with E-state index in [1.807, 2.05) is 19.1 Å². The van der Waals surface area contributed by atoms with Gasteiger partial charge in [-0.1, -0.05) is 12.1 Å². The first-order valence-corrected chi connectivity index (χ1v) is 23.1. The fraction of sp³-hybridized carbons (Fsp3) is 0.481. The lowest BCUT2D eigenvalue weighted by atomic mass is 9.82. The minimum atomic E-state index is -0.596. The van der Waals surface area contributed by atoms with Crippen LogP contribution in [-0.4, -0.2) is 124 Å². The van der Waals surface area contributed by atoms with Crippen molar-refractivity contribution in [3.63, 3.8) is 0 Å². The molecule has 0 saturated heterocycles. The van der Waals surface area contributed by atoms with Crippen molar-refractivity contribution in [3.05, 3.63) is 110 Å². The zero-order valence-corrected chi connectivity index (χ0v) is 42.0. The van der Waals surface area contributed by atoms with E-state index in [2.05, 4.69) is 65.2 Å². The molecule has 2 aliphatic rings. The first-order chi connectivity index (χ1) is 32.1. The number of aryl methyl sites for hydroxylation is 3. The number of hydrogen-bond donors (Lipinski definition) is 0. The van der Waals surface area contributed by atoms with Gasteiger partial charge in [0.2, 0.25) is 5.75 Å². The second kappa shape index (κ2) is 21.8. The second-order valence-electron chi connectivity index (χ2n) is 18.4. The molecule has 67 heavy (non-hydrogen) atoms. The monoisotopic (exact) mass is 925 g/mol. The number of hydrogen-bond acceptors (Lipinski definition) is 11. The number of methoxy groups -OCH3 is 7. The van der Waals surface area contributed by atoms with Crippen LogP contribution in [0.3, 0.4) is 0 Å². The topological polar surface area (TPSA) is 117 Å². The van der Waals surface area contributed by atoms with Crippen LogP contribution in [0.25, 0.3) is 0 Å². The molecule has 362 valence electrons. The molecule has 4 aromatic rings. The van der Waals surface area contributed by atoms with Crippen molar-refractivity contribution in [3.8, 4) is 40.2 Å². The second-order valence-corrected chi connectivity index (χ2v) is 18.4. The summed E-state index contributed by atoms with van der Waals surface area (Å²) in [6.07, 6.45) is 5.90. The van der Waals surface area contributed by atoms with Crippen LogP contribution in [0.5, 0.6) is 40.2 Å². The Hall–Kier alpha value is -5.92. The molecule has 4 aromatic carbocycles. The van der Waals surface area contributed by atoms with Crippen LogP contribution in [0.4, 0.5) is 0 Å². The Balaban J connectivity index is 1.08. The van der Waals surface area contributed by atoms with E-state index >= 15 is 0 Å². The largest absolute Gasteiger partial charge is 0.496 e. The maximum absolute atomic E-state index is 12.9. The molecule has 6 rings (SSSR count). The lowest BCUT2D eigenvalue weighted by Gasteiger charge is -2.46. The minimum Gasteiger partial charge on any atom is -0.496 e. The van der Waals surface area contributed by atoms with E-state index in [0.717, 1.165) is 94.0 Å². The van der Waals surface area contributed by atoms with Crippen molar-refractivity contribution >= 4 is 11.9 Å². The van der Waals surface area contributed by atoms with Gasteiger partial charge in [-0.05, 0) is 97.0 Å². The van der Waals surface area contributed by atoms with Crippen LogP contribution >= 0.6 is 0 Å². The Labute approximate surface area is 397 Å². The molecular weight excluding hydrogens is 853 g/mol. The summed E-state index contributed by atoms with van der Waals surface area (Å²) >= 11 is 0. The zero-order valence-electron chi connectivity index (χ0n) is 42.0. The molecule has 13 heteroatoms. The van der Waals surface area contributed by atoms with Crippen molar-refractivity contribution in [2.24, 2.45) is 0 Å². The van der Waals surface area contributed by atoms with E-state index < -0.39 is 11.9 Å². The Morgan fingerprint density at radius 3 is 1.69 bits per heavy atom. The van der Waals surface area contributed by atoms with Crippen molar-refractivity contribution in [1.29, 1.82) is 0 Å². The minimum absolute atomic E-state index is 0.00600. The highest BCUT2D eigenvalue weighted by atomic mass is 16.5. The van der Waals surface area contributed by atoms with Crippen LogP contribution < -0.4 is 33.2 Å². The first-order valence-electron chi connectivity index (χ1n) is 23.1. The van der Waals surface area contributed by atoms with Crippen molar-refractivity contribution in [2.45, 2.75) is 71.9 Å². The summed E-state index contributed by atoms with van der Waals surface area (Å²) in [5, 5.41) is 0. The van der Waals surface area contributed by atoms with Crippen LogP contribution in [0.1, 0.15) is 80.6 Å². The summed E-state index contributed by atoms with van der Waals surface area (Å²) in [6.45, 7) is 12.0. The number of nitrogens with zero attached hydrogens (tertiary/aromatic N) is 2. The van der Waals surface area contributed by atoms with Crippen molar-refractivity contribution < 1.29 is 61.2 Å².